The highest BCUT2D eigenvalue weighted by atomic mass is 16.2. The SMILES string of the molecule is C[C@H](C(=O)Nc1ccccc1-c1ccccc1)N1CCN(c2ccccn2)CC1. The van der Waals surface area contributed by atoms with Crippen LogP contribution in [0.15, 0.2) is 79.0 Å². The number of pyridine rings is 1. The van der Waals surface area contributed by atoms with Crippen LogP contribution in [0.2, 0.25) is 0 Å². The van der Waals surface area contributed by atoms with Gasteiger partial charge in [-0.05, 0) is 30.7 Å². The predicted molar refractivity (Wildman–Crippen MR) is 118 cm³/mol. The number of hydrogen-bond donors (Lipinski definition) is 1. The average molecular weight is 386 g/mol. The first kappa shape index (κ1) is 19.2. The monoisotopic (exact) mass is 386 g/mol. The lowest BCUT2D eigenvalue weighted by atomic mass is 10.0. The van der Waals surface area contributed by atoms with Crippen molar-refractivity contribution >= 4 is 17.4 Å². The molecule has 0 saturated carbocycles. The maximum Gasteiger partial charge on any atom is 0.241 e. The summed E-state index contributed by atoms with van der Waals surface area (Å²) in [7, 11) is 0. The maximum absolute atomic E-state index is 13.0. The van der Waals surface area contributed by atoms with Gasteiger partial charge in [0.25, 0.3) is 0 Å². The van der Waals surface area contributed by atoms with Crippen molar-refractivity contribution in [2.75, 3.05) is 36.4 Å². The Morgan fingerprint density at radius 1 is 0.897 bits per heavy atom. The molecule has 1 saturated heterocycles. The predicted octanol–water partition coefficient (Wildman–Crippen LogP) is 3.90. The van der Waals surface area contributed by atoms with E-state index < -0.39 is 0 Å². The number of rotatable bonds is 5. The third-order valence-electron chi connectivity index (χ3n) is 5.48. The molecule has 1 aliphatic heterocycles. The van der Waals surface area contributed by atoms with Crippen molar-refractivity contribution in [3.05, 3.63) is 79.0 Å². The van der Waals surface area contributed by atoms with E-state index in [0.29, 0.717) is 0 Å². The van der Waals surface area contributed by atoms with E-state index in [0.717, 1.165) is 48.8 Å². The summed E-state index contributed by atoms with van der Waals surface area (Å²) in [6.45, 7) is 5.40. The van der Waals surface area contributed by atoms with Gasteiger partial charge in [0, 0.05) is 43.6 Å². The van der Waals surface area contributed by atoms with Gasteiger partial charge in [-0.1, -0.05) is 54.6 Å². The molecule has 2 heterocycles. The lowest BCUT2D eigenvalue weighted by Gasteiger charge is -2.38. The highest BCUT2D eigenvalue weighted by Gasteiger charge is 2.26. The first-order valence-electron chi connectivity index (χ1n) is 10.1. The van der Waals surface area contributed by atoms with E-state index in [1.807, 2.05) is 73.8 Å². The van der Waals surface area contributed by atoms with E-state index in [2.05, 4.69) is 32.2 Å². The average Bonchev–Trinajstić information content (AvgIpc) is 2.80. The van der Waals surface area contributed by atoms with E-state index in [-0.39, 0.29) is 11.9 Å². The third kappa shape index (κ3) is 4.46. The number of nitrogens with zero attached hydrogens (tertiary/aromatic N) is 3. The molecular formula is C24H26N4O. The Labute approximate surface area is 172 Å². The van der Waals surface area contributed by atoms with Gasteiger partial charge in [0.1, 0.15) is 5.82 Å². The molecule has 148 valence electrons. The van der Waals surface area contributed by atoms with Crippen LogP contribution in [0, 0.1) is 0 Å². The zero-order valence-corrected chi connectivity index (χ0v) is 16.7. The van der Waals surface area contributed by atoms with Crippen LogP contribution in [-0.2, 0) is 4.79 Å². The number of hydrogen-bond acceptors (Lipinski definition) is 4. The number of carbonyl (C=O) groups excluding carboxylic acids is 1. The van der Waals surface area contributed by atoms with Crippen molar-refractivity contribution in [1.82, 2.24) is 9.88 Å². The van der Waals surface area contributed by atoms with Crippen LogP contribution >= 0.6 is 0 Å². The molecule has 1 aliphatic rings. The van der Waals surface area contributed by atoms with Gasteiger partial charge in [0.15, 0.2) is 0 Å². The number of nitrogens with one attached hydrogen (secondary N) is 1. The summed E-state index contributed by atoms with van der Waals surface area (Å²) >= 11 is 0. The zero-order chi connectivity index (χ0) is 20.1. The Balaban J connectivity index is 1.40. The summed E-state index contributed by atoms with van der Waals surface area (Å²) in [5, 5.41) is 3.14. The fourth-order valence-electron chi connectivity index (χ4n) is 3.74. The van der Waals surface area contributed by atoms with Crippen LogP contribution in [0.25, 0.3) is 11.1 Å². The molecule has 1 amide bonds. The second-order valence-corrected chi connectivity index (χ2v) is 7.29. The van der Waals surface area contributed by atoms with Crippen molar-refractivity contribution in [2.24, 2.45) is 0 Å². The van der Waals surface area contributed by atoms with E-state index in [1.165, 1.54) is 0 Å². The fourth-order valence-corrected chi connectivity index (χ4v) is 3.74. The van der Waals surface area contributed by atoms with Crippen LogP contribution in [0.5, 0.6) is 0 Å². The summed E-state index contributed by atoms with van der Waals surface area (Å²) in [6, 6.07) is 23.9. The van der Waals surface area contributed by atoms with Gasteiger partial charge in [-0.3, -0.25) is 9.69 Å². The van der Waals surface area contributed by atoms with Gasteiger partial charge in [-0.15, -0.1) is 0 Å². The molecule has 1 N–H and O–H groups in total. The fraction of sp³-hybridized carbons (Fsp3) is 0.250. The maximum atomic E-state index is 13.0. The van der Waals surface area contributed by atoms with Gasteiger partial charge >= 0.3 is 0 Å². The summed E-state index contributed by atoms with van der Waals surface area (Å²) in [4.78, 5) is 21.9. The van der Waals surface area contributed by atoms with Gasteiger partial charge in [-0.2, -0.15) is 0 Å². The Bertz CT molecular complexity index is 937. The van der Waals surface area contributed by atoms with E-state index in [4.69, 9.17) is 0 Å². The summed E-state index contributed by atoms with van der Waals surface area (Å²) < 4.78 is 0. The van der Waals surface area contributed by atoms with Crippen LogP contribution in [0.4, 0.5) is 11.5 Å². The molecule has 4 rings (SSSR count). The number of anilines is 2. The molecule has 1 atom stereocenters. The topological polar surface area (TPSA) is 48.5 Å². The minimum atomic E-state index is -0.190. The number of para-hydroxylation sites is 1. The van der Waals surface area contributed by atoms with E-state index in [9.17, 15) is 4.79 Å². The van der Waals surface area contributed by atoms with Crippen molar-refractivity contribution in [3.63, 3.8) is 0 Å². The second-order valence-electron chi connectivity index (χ2n) is 7.29. The number of benzene rings is 2. The lowest BCUT2D eigenvalue weighted by molar-refractivity contribution is -0.120. The smallest absolute Gasteiger partial charge is 0.241 e. The van der Waals surface area contributed by atoms with Crippen molar-refractivity contribution in [1.29, 1.82) is 0 Å². The number of piperazine rings is 1. The lowest BCUT2D eigenvalue weighted by Crippen LogP contribution is -2.53. The molecule has 0 aliphatic carbocycles. The van der Waals surface area contributed by atoms with E-state index >= 15 is 0 Å². The normalized spacial score (nSPS) is 15.7. The van der Waals surface area contributed by atoms with Gasteiger partial charge in [0.2, 0.25) is 5.91 Å². The van der Waals surface area contributed by atoms with Gasteiger partial charge < -0.3 is 10.2 Å². The molecule has 3 aromatic rings. The van der Waals surface area contributed by atoms with Crippen molar-refractivity contribution in [3.8, 4) is 11.1 Å². The summed E-state index contributed by atoms with van der Waals surface area (Å²) in [6.07, 6.45) is 1.82. The molecule has 0 unspecified atom stereocenters. The molecule has 29 heavy (non-hydrogen) atoms. The van der Waals surface area contributed by atoms with Crippen LogP contribution in [0.3, 0.4) is 0 Å². The van der Waals surface area contributed by atoms with Crippen LogP contribution in [0.1, 0.15) is 6.92 Å². The molecule has 1 fully saturated rings. The first-order chi connectivity index (χ1) is 14.2. The molecule has 5 nitrogen and oxygen atoms in total. The molecule has 0 bridgehead atoms. The number of aromatic nitrogens is 1. The Morgan fingerprint density at radius 3 is 2.31 bits per heavy atom. The van der Waals surface area contributed by atoms with Crippen molar-refractivity contribution in [2.45, 2.75) is 13.0 Å². The second kappa shape index (κ2) is 8.88. The minimum Gasteiger partial charge on any atom is -0.354 e. The van der Waals surface area contributed by atoms with Crippen LogP contribution in [-0.4, -0.2) is 48.0 Å². The number of carbonyl (C=O) groups is 1. The summed E-state index contributed by atoms with van der Waals surface area (Å²) in [5.41, 5.74) is 2.98. The van der Waals surface area contributed by atoms with Crippen LogP contribution < -0.4 is 10.2 Å². The molecule has 2 aromatic carbocycles. The Kier molecular flexibility index (Phi) is 5.86. The van der Waals surface area contributed by atoms with Crippen molar-refractivity contribution < 1.29 is 4.79 Å². The highest BCUT2D eigenvalue weighted by molar-refractivity contribution is 5.98. The minimum absolute atomic E-state index is 0.0275. The molecule has 5 heteroatoms. The van der Waals surface area contributed by atoms with E-state index in [1.54, 1.807) is 0 Å². The standard InChI is InChI=1S/C24H26N4O/c1-19(27-15-17-28(18-16-27)23-13-7-8-14-25-23)24(29)26-22-12-6-5-11-21(22)20-9-3-2-4-10-20/h2-14,19H,15-18H2,1H3,(H,26,29)/t19-/m1/s1. The Morgan fingerprint density at radius 2 is 1.59 bits per heavy atom. The first-order valence-corrected chi connectivity index (χ1v) is 10.1. The molecule has 0 radical (unpaired) electrons. The zero-order valence-electron chi connectivity index (χ0n) is 16.7. The summed E-state index contributed by atoms with van der Waals surface area (Å²) in [5.74, 6) is 1.03. The number of amides is 1. The van der Waals surface area contributed by atoms with Gasteiger partial charge in [-0.25, -0.2) is 4.98 Å². The quantitative estimate of drug-likeness (QED) is 0.723. The Hall–Kier alpha value is -3.18. The van der Waals surface area contributed by atoms with Gasteiger partial charge in [0.05, 0.1) is 6.04 Å². The molecular weight excluding hydrogens is 360 g/mol. The molecule has 1 aromatic heterocycles. The largest absolute Gasteiger partial charge is 0.354 e. The third-order valence-corrected chi connectivity index (χ3v) is 5.48. The molecule has 0 spiro atoms. The highest BCUT2D eigenvalue weighted by Crippen LogP contribution is 2.28.